The zero-order valence-corrected chi connectivity index (χ0v) is 15.1. The second kappa shape index (κ2) is 8.36. The molecule has 0 aliphatic carbocycles. The molecule has 6 nitrogen and oxygen atoms in total. The number of carbonyl (C=O) groups excluding carboxylic acids is 1. The highest BCUT2D eigenvalue weighted by atomic mass is 35.5. The number of oxazole rings is 1. The minimum Gasteiger partial charge on any atom is -0.447 e. The number of aromatic nitrogens is 1. The van der Waals surface area contributed by atoms with Crippen LogP contribution < -0.4 is 10.2 Å². The maximum atomic E-state index is 11.9. The molecular weight excluding hydrogens is 340 g/mol. The molecule has 1 fully saturated rings. The average molecular weight is 363 g/mol. The molecule has 1 aliphatic rings. The zero-order chi connectivity index (χ0) is 17.6. The summed E-state index contributed by atoms with van der Waals surface area (Å²) in [6, 6.07) is 7.93. The quantitative estimate of drug-likeness (QED) is 0.856. The van der Waals surface area contributed by atoms with Crippen LogP contribution in [0, 0.1) is 0 Å². The zero-order valence-electron chi connectivity index (χ0n) is 14.4. The molecule has 0 saturated carbocycles. The van der Waals surface area contributed by atoms with Crippen LogP contribution in [0.25, 0.3) is 0 Å². The number of rotatable bonds is 6. The lowest BCUT2D eigenvalue weighted by atomic mass is 10.2. The molecule has 1 aromatic heterocycles. The molecule has 1 N–H and O–H groups in total. The molecule has 0 radical (unpaired) electrons. The number of halogens is 1. The van der Waals surface area contributed by atoms with Gasteiger partial charge in [-0.3, -0.25) is 9.69 Å². The van der Waals surface area contributed by atoms with E-state index in [9.17, 15) is 4.79 Å². The smallest absolute Gasteiger partial charge is 0.273 e. The summed E-state index contributed by atoms with van der Waals surface area (Å²) in [5.41, 5.74) is 1.50. The standard InChI is InChI=1S/C18H23ClN4O2/c1-2-6-20-18(24)16-13-25-17(21-16)12-22-7-9-23(10-8-22)15-5-3-4-14(19)11-15/h3-5,11,13H,2,6-10,12H2,1H3,(H,20,24). The van der Waals surface area contributed by atoms with E-state index < -0.39 is 0 Å². The lowest BCUT2D eigenvalue weighted by molar-refractivity contribution is 0.0948. The Balaban J connectivity index is 1.51. The van der Waals surface area contributed by atoms with Gasteiger partial charge in [-0.1, -0.05) is 24.6 Å². The van der Waals surface area contributed by atoms with E-state index in [1.165, 1.54) is 6.26 Å². The number of nitrogens with one attached hydrogen (secondary N) is 1. The molecule has 0 spiro atoms. The molecule has 0 bridgehead atoms. The maximum Gasteiger partial charge on any atom is 0.273 e. The number of benzene rings is 1. The Morgan fingerprint density at radius 2 is 2.12 bits per heavy atom. The highest BCUT2D eigenvalue weighted by Gasteiger charge is 2.20. The fourth-order valence-corrected chi connectivity index (χ4v) is 3.03. The first-order valence-electron chi connectivity index (χ1n) is 8.61. The van der Waals surface area contributed by atoms with E-state index in [0.29, 0.717) is 24.7 Å². The SMILES string of the molecule is CCCNC(=O)c1coc(CN2CCN(c3cccc(Cl)c3)CC2)n1. The van der Waals surface area contributed by atoms with Gasteiger partial charge in [-0.2, -0.15) is 0 Å². The van der Waals surface area contributed by atoms with Crippen LogP contribution in [0.15, 0.2) is 34.9 Å². The van der Waals surface area contributed by atoms with Gasteiger partial charge in [0.2, 0.25) is 5.89 Å². The summed E-state index contributed by atoms with van der Waals surface area (Å²) in [5.74, 6) is 0.403. The van der Waals surface area contributed by atoms with Crippen LogP contribution in [0.4, 0.5) is 5.69 Å². The monoisotopic (exact) mass is 362 g/mol. The molecule has 3 rings (SSSR count). The van der Waals surface area contributed by atoms with Crippen molar-refractivity contribution in [2.24, 2.45) is 0 Å². The minimum atomic E-state index is -0.178. The topological polar surface area (TPSA) is 61.6 Å². The van der Waals surface area contributed by atoms with Crippen molar-refractivity contribution in [1.29, 1.82) is 0 Å². The Labute approximate surface area is 152 Å². The van der Waals surface area contributed by atoms with E-state index in [4.69, 9.17) is 16.0 Å². The first-order chi connectivity index (χ1) is 12.2. The molecule has 25 heavy (non-hydrogen) atoms. The Morgan fingerprint density at radius 1 is 1.32 bits per heavy atom. The number of anilines is 1. The van der Waals surface area contributed by atoms with Crippen LogP contribution in [0.3, 0.4) is 0 Å². The maximum absolute atomic E-state index is 11.9. The van der Waals surface area contributed by atoms with Gasteiger partial charge in [0.05, 0.1) is 6.54 Å². The van der Waals surface area contributed by atoms with Crippen molar-refractivity contribution in [3.63, 3.8) is 0 Å². The normalized spacial score (nSPS) is 15.4. The molecule has 0 unspecified atom stereocenters. The van der Waals surface area contributed by atoms with Crippen LogP contribution in [0.2, 0.25) is 5.02 Å². The van der Waals surface area contributed by atoms with Gasteiger partial charge in [0.15, 0.2) is 5.69 Å². The number of piperazine rings is 1. The van der Waals surface area contributed by atoms with Gasteiger partial charge in [0.25, 0.3) is 5.91 Å². The molecule has 1 aliphatic heterocycles. The first kappa shape index (κ1) is 17.8. The number of hydrogen-bond acceptors (Lipinski definition) is 5. The van der Waals surface area contributed by atoms with Crippen molar-refractivity contribution in [3.8, 4) is 0 Å². The van der Waals surface area contributed by atoms with Crippen molar-refractivity contribution in [1.82, 2.24) is 15.2 Å². The van der Waals surface area contributed by atoms with Gasteiger partial charge in [0, 0.05) is 43.4 Å². The Bertz CT molecular complexity index is 711. The molecule has 0 atom stereocenters. The summed E-state index contributed by atoms with van der Waals surface area (Å²) in [5, 5.41) is 3.56. The van der Waals surface area contributed by atoms with Gasteiger partial charge in [-0.25, -0.2) is 4.98 Å². The lowest BCUT2D eigenvalue weighted by Crippen LogP contribution is -2.46. The highest BCUT2D eigenvalue weighted by molar-refractivity contribution is 6.30. The van der Waals surface area contributed by atoms with Crippen molar-refractivity contribution in [2.75, 3.05) is 37.6 Å². The van der Waals surface area contributed by atoms with Gasteiger partial charge in [0.1, 0.15) is 6.26 Å². The summed E-state index contributed by atoms with van der Waals surface area (Å²) in [6.07, 6.45) is 2.33. The number of amides is 1. The molecule has 2 aromatic rings. The van der Waals surface area contributed by atoms with Crippen LogP contribution in [0.5, 0.6) is 0 Å². The predicted octanol–water partition coefficient (Wildman–Crippen LogP) is 2.79. The van der Waals surface area contributed by atoms with E-state index >= 15 is 0 Å². The lowest BCUT2D eigenvalue weighted by Gasteiger charge is -2.35. The van der Waals surface area contributed by atoms with Gasteiger partial charge in [-0.15, -0.1) is 0 Å². The second-order valence-corrected chi connectivity index (χ2v) is 6.56. The van der Waals surface area contributed by atoms with Crippen molar-refractivity contribution in [2.45, 2.75) is 19.9 Å². The minimum absolute atomic E-state index is 0.178. The third kappa shape index (κ3) is 4.74. The number of nitrogens with zero attached hydrogens (tertiary/aromatic N) is 3. The molecule has 1 aromatic carbocycles. The molecule has 1 amide bonds. The van der Waals surface area contributed by atoms with Crippen LogP contribution >= 0.6 is 11.6 Å². The summed E-state index contributed by atoms with van der Waals surface area (Å²) in [4.78, 5) is 20.8. The second-order valence-electron chi connectivity index (χ2n) is 6.13. The molecule has 134 valence electrons. The highest BCUT2D eigenvalue weighted by Crippen LogP contribution is 2.21. The van der Waals surface area contributed by atoms with E-state index in [2.05, 4.69) is 26.2 Å². The fourth-order valence-electron chi connectivity index (χ4n) is 2.85. The molecule has 7 heteroatoms. The predicted molar refractivity (Wildman–Crippen MR) is 98.1 cm³/mol. The van der Waals surface area contributed by atoms with Gasteiger partial charge >= 0.3 is 0 Å². The number of carbonyl (C=O) groups is 1. The fraction of sp³-hybridized carbons (Fsp3) is 0.444. The largest absolute Gasteiger partial charge is 0.447 e. The van der Waals surface area contributed by atoms with Crippen LogP contribution in [-0.4, -0.2) is 48.5 Å². The van der Waals surface area contributed by atoms with E-state index in [1.54, 1.807) is 0 Å². The van der Waals surface area contributed by atoms with Crippen LogP contribution in [0.1, 0.15) is 29.7 Å². The van der Waals surface area contributed by atoms with E-state index in [1.807, 2.05) is 25.1 Å². The summed E-state index contributed by atoms with van der Waals surface area (Å²) in [6.45, 7) is 6.93. The van der Waals surface area contributed by atoms with E-state index in [0.717, 1.165) is 43.3 Å². The van der Waals surface area contributed by atoms with Gasteiger partial charge < -0.3 is 14.6 Å². The first-order valence-corrected chi connectivity index (χ1v) is 8.99. The van der Waals surface area contributed by atoms with Crippen molar-refractivity contribution >= 4 is 23.2 Å². The molecular formula is C18H23ClN4O2. The van der Waals surface area contributed by atoms with E-state index in [-0.39, 0.29) is 5.91 Å². The Kier molecular flexibility index (Phi) is 5.94. The van der Waals surface area contributed by atoms with Crippen molar-refractivity contribution < 1.29 is 9.21 Å². The molecule has 1 saturated heterocycles. The third-order valence-electron chi connectivity index (χ3n) is 4.22. The average Bonchev–Trinajstić information content (AvgIpc) is 3.09. The summed E-state index contributed by atoms with van der Waals surface area (Å²) in [7, 11) is 0. The third-order valence-corrected chi connectivity index (χ3v) is 4.46. The van der Waals surface area contributed by atoms with Crippen molar-refractivity contribution in [3.05, 3.63) is 47.1 Å². The summed E-state index contributed by atoms with van der Waals surface area (Å²) >= 11 is 6.07. The number of hydrogen-bond donors (Lipinski definition) is 1. The van der Waals surface area contributed by atoms with Crippen LogP contribution in [-0.2, 0) is 6.54 Å². The Hall–Kier alpha value is -2.05. The Morgan fingerprint density at radius 3 is 2.84 bits per heavy atom. The molecule has 2 heterocycles. The summed E-state index contributed by atoms with van der Waals surface area (Å²) < 4.78 is 5.45. The van der Waals surface area contributed by atoms with Gasteiger partial charge in [-0.05, 0) is 24.6 Å².